The minimum absolute atomic E-state index is 0.264. The molecule has 1 aliphatic carbocycles. The maximum absolute atomic E-state index is 7.34. The van der Waals surface area contributed by atoms with Gasteiger partial charge in [-0.2, -0.15) is 0 Å². The molecule has 2 unspecified atom stereocenters. The lowest BCUT2D eigenvalue weighted by atomic mass is 10.1. The van der Waals surface area contributed by atoms with Crippen molar-refractivity contribution >= 4 is 0 Å². The molecule has 42 valence electrons. The standard InChI is InChI=1S/C6H12O/c1-5-3-2-4-6(5)7/h5-7H,2-4H2,1H3/p+1. The predicted molar refractivity (Wildman–Crippen MR) is 30.4 cm³/mol. The van der Waals surface area contributed by atoms with Crippen molar-refractivity contribution in [3.63, 3.8) is 0 Å². The van der Waals surface area contributed by atoms with Crippen LogP contribution in [-0.4, -0.2) is 11.2 Å². The van der Waals surface area contributed by atoms with E-state index >= 15 is 0 Å². The molecular weight excluding hydrogens is 88.1 g/mol. The van der Waals surface area contributed by atoms with Crippen molar-refractivity contribution in [2.45, 2.75) is 32.3 Å². The van der Waals surface area contributed by atoms with Gasteiger partial charge in [0.15, 0.2) is 6.10 Å². The van der Waals surface area contributed by atoms with Crippen molar-refractivity contribution in [1.82, 2.24) is 0 Å². The molecule has 7 heavy (non-hydrogen) atoms. The van der Waals surface area contributed by atoms with Crippen LogP contribution in [0.3, 0.4) is 0 Å². The molecular formula is C6H13O+. The lowest BCUT2D eigenvalue weighted by Gasteiger charge is -1.99. The van der Waals surface area contributed by atoms with Gasteiger partial charge in [-0.25, -0.2) is 0 Å². The summed E-state index contributed by atoms with van der Waals surface area (Å²) in [5.41, 5.74) is 0. The first-order valence-electron chi connectivity index (χ1n) is 3.02. The molecule has 0 aromatic rings. The van der Waals surface area contributed by atoms with Gasteiger partial charge in [-0.15, -0.1) is 0 Å². The summed E-state index contributed by atoms with van der Waals surface area (Å²) < 4.78 is 0. The summed E-state index contributed by atoms with van der Waals surface area (Å²) in [7, 11) is 0. The Labute approximate surface area is 44.4 Å². The minimum atomic E-state index is 0.264. The fraction of sp³-hybridized carbons (Fsp3) is 1.00. The third-order valence-electron chi connectivity index (χ3n) is 1.86. The summed E-state index contributed by atoms with van der Waals surface area (Å²) in [6.45, 7) is 2.17. The average molecular weight is 101 g/mol. The number of hydrogen-bond donors (Lipinski definition) is 0. The number of hydrogen-bond acceptors (Lipinski definition) is 0. The second-order valence-electron chi connectivity index (χ2n) is 2.51. The first-order chi connectivity index (χ1) is 3.30. The lowest BCUT2D eigenvalue weighted by Crippen LogP contribution is -2.07. The molecule has 0 aromatic carbocycles. The number of rotatable bonds is 0. The third kappa shape index (κ3) is 0.942. The van der Waals surface area contributed by atoms with Gasteiger partial charge in [0.1, 0.15) is 0 Å². The zero-order chi connectivity index (χ0) is 5.28. The van der Waals surface area contributed by atoms with Crippen molar-refractivity contribution in [2.24, 2.45) is 5.92 Å². The lowest BCUT2D eigenvalue weighted by molar-refractivity contribution is 0.141. The SMILES string of the molecule is CC1CCCC1[OH2+]. The van der Waals surface area contributed by atoms with Gasteiger partial charge >= 0.3 is 0 Å². The topological polar surface area (TPSA) is 22.9 Å². The molecule has 1 heteroatoms. The van der Waals surface area contributed by atoms with Gasteiger partial charge in [-0.3, -0.25) is 0 Å². The molecule has 2 N–H and O–H groups in total. The van der Waals surface area contributed by atoms with Gasteiger partial charge in [0.2, 0.25) is 0 Å². The second kappa shape index (κ2) is 1.83. The van der Waals surface area contributed by atoms with E-state index < -0.39 is 0 Å². The second-order valence-corrected chi connectivity index (χ2v) is 2.51. The fourth-order valence-corrected chi connectivity index (χ4v) is 1.15. The Morgan fingerprint density at radius 1 is 1.43 bits per heavy atom. The zero-order valence-electron chi connectivity index (χ0n) is 4.78. The summed E-state index contributed by atoms with van der Waals surface area (Å²) in [5.74, 6) is 0.681. The van der Waals surface area contributed by atoms with Crippen LogP contribution in [0.5, 0.6) is 0 Å². The summed E-state index contributed by atoms with van der Waals surface area (Å²) in [5, 5.41) is 7.34. The van der Waals surface area contributed by atoms with Crippen LogP contribution in [0.25, 0.3) is 0 Å². The Morgan fingerprint density at radius 3 is 2.29 bits per heavy atom. The third-order valence-corrected chi connectivity index (χ3v) is 1.86. The first-order valence-corrected chi connectivity index (χ1v) is 3.02. The Kier molecular flexibility index (Phi) is 1.33. The highest BCUT2D eigenvalue weighted by Gasteiger charge is 2.23. The van der Waals surface area contributed by atoms with Crippen molar-refractivity contribution in [1.29, 1.82) is 0 Å². The van der Waals surface area contributed by atoms with Crippen LogP contribution in [0.4, 0.5) is 0 Å². The van der Waals surface area contributed by atoms with Gasteiger partial charge in [0.25, 0.3) is 0 Å². The van der Waals surface area contributed by atoms with Crippen molar-refractivity contribution in [2.75, 3.05) is 0 Å². The van der Waals surface area contributed by atoms with Crippen molar-refractivity contribution in [3.05, 3.63) is 0 Å². The summed E-state index contributed by atoms with van der Waals surface area (Å²) >= 11 is 0. The van der Waals surface area contributed by atoms with E-state index in [1.54, 1.807) is 0 Å². The van der Waals surface area contributed by atoms with E-state index in [2.05, 4.69) is 6.92 Å². The van der Waals surface area contributed by atoms with E-state index in [0.717, 1.165) is 6.42 Å². The quantitative estimate of drug-likeness (QED) is 0.405. The van der Waals surface area contributed by atoms with Crippen molar-refractivity contribution < 1.29 is 5.11 Å². The van der Waals surface area contributed by atoms with E-state index in [4.69, 9.17) is 5.11 Å². The molecule has 2 atom stereocenters. The molecule has 1 rings (SSSR count). The first kappa shape index (κ1) is 5.10. The van der Waals surface area contributed by atoms with Gasteiger partial charge < -0.3 is 5.11 Å². The summed E-state index contributed by atoms with van der Waals surface area (Å²) in [6.07, 6.45) is 3.98. The molecule has 0 aliphatic heterocycles. The highest BCUT2D eigenvalue weighted by Crippen LogP contribution is 2.23. The molecule has 1 fully saturated rings. The van der Waals surface area contributed by atoms with Gasteiger partial charge in [-0.1, -0.05) is 6.92 Å². The van der Waals surface area contributed by atoms with Crippen molar-refractivity contribution in [3.8, 4) is 0 Å². The largest absolute Gasteiger partial charge is 0.443 e. The van der Waals surface area contributed by atoms with Gasteiger partial charge in [0, 0.05) is 12.3 Å². The van der Waals surface area contributed by atoms with Crippen LogP contribution in [-0.2, 0) is 0 Å². The highest BCUT2D eigenvalue weighted by atomic mass is 16.3. The molecule has 0 radical (unpaired) electrons. The van der Waals surface area contributed by atoms with Crippen LogP contribution in [0.1, 0.15) is 26.2 Å². The Morgan fingerprint density at radius 2 is 2.14 bits per heavy atom. The van der Waals surface area contributed by atoms with E-state index in [1.165, 1.54) is 12.8 Å². The molecule has 0 bridgehead atoms. The Balaban J connectivity index is 2.33. The molecule has 0 saturated heterocycles. The normalized spacial score (nSPS) is 42.0. The Bertz CT molecular complexity index is 53.2. The van der Waals surface area contributed by atoms with E-state index in [-0.39, 0.29) is 6.10 Å². The molecule has 1 nitrogen and oxygen atoms in total. The monoisotopic (exact) mass is 101 g/mol. The predicted octanol–water partition coefficient (Wildman–Crippen LogP) is 0.900. The molecule has 0 heterocycles. The van der Waals surface area contributed by atoms with E-state index in [9.17, 15) is 0 Å². The van der Waals surface area contributed by atoms with Gasteiger partial charge in [-0.05, 0) is 12.8 Å². The highest BCUT2D eigenvalue weighted by molar-refractivity contribution is 4.71. The van der Waals surface area contributed by atoms with Crippen LogP contribution in [0, 0.1) is 5.92 Å². The van der Waals surface area contributed by atoms with Crippen LogP contribution in [0.2, 0.25) is 0 Å². The van der Waals surface area contributed by atoms with Crippen LogP contribution >= 0.6 is 0 Å². The van der Waals surface area contributed by atoms with Crippen LogP contribution < -0.4 is 0 Å². The van der Waals surface area contributed by atoms with Crippen LogP contribution in [0.15, 0.2) is 0 Å². The summed E-state index contributed by atoms with van der Waals surface area (Å²) in [4.78, 5) is 0. The summed E-state index contributed by atoms with van der Waals surface area (Å²) in [6, 6.07) is 0. The maximum Gasteiger partial charge on any atom is 0.156 e. The smallest absolute Gasteiger partial charge is 0.156 e. The molecule has 1 saturated carbocycles. The minimum Gasteiger partial charge on any atom is -0.443 e. The molecule has 0 aromatic heterocycles. The molecule has 1 aliphatic rings. The molecule has 0 amide bonds. The average Bonchev–Trinajstić information content (AvgIpc) is 1.91. The van der Waals surface area contributed by atoms with E-state index in [1.807, 2.05) is 0 Å². The van der Waals surface area contributed by atoms with Gasteiger partial charge in [0.05, 0.1) is 0 Å². The van der Waals surface area contributed by atoms with E-state index in [0.29, 0.717) is 5.92 Å². The molecule has 0 spiro atoms. The Hall–Kier alpha value is -0.0400. The zero-order valence-corrected chi connectivity index (χ0v) is 4.78. The fourth-order valence-electron chi connectivity index (χ4n) is 1.15. The maximum atomic E-state index is 7.34.